The van der Waals surface area contributed by atoms with E-state index in [4.69, 9.17) is 5.10 Å². The van der Waals surface area contributed by atoms with E-state index in [9.17, 15) is 9.59 Å². The summed E-state index contributed by atoms with van der Waals surface area (Å²) in [6, 6.07) is 27.6. The SMILES string of the molecule is CN(Cc1cn(-c2ccccc2)nc1-c1ccccc1)C(=O)c1ccc(CN2CCCC2=O)cc1. The molecule has 2 heterocycles. The van der Waals surface area contributed by atoms with Crippen molar-refractivity contribution < 1.29 is 9.59 Å². The predicted molar refractivity (Wildman–Crippen MR) is 136 cm³/mol. The number of hydrogen-bond donors (Lipinski definition) is 0. The highest BCUT2D eigenvalue weighted by Crippen LogP contribution is 2.25. The third-order valence-corrected chi connectivity index (χ3v) is 6.36. The van der Waals surface area contributed by atoms with Crippen LogP contribution in [0.5, 0.6) is 0 Å². The van der Waals surface area contributed by atoms with Crippen LogP contribution in [0.25, 0.3) is 16.9 Å². The van der Waals surface area contributed by atoms with Gasteiger partial charge >= 0.3 is 0 Å². The van der Waals surface area contributed by atoms with Crippen LogP contribution in [0.2, 0.25) is 0 Å². The van der Waals surface area contributed by atoms with Gasteiger partial charge in [-0.3, -0.25) is 9.59 Å². The minimum atomic E-state index is -0.0553. The van der Waals surface area contributed by atoms with Crippen LogP contribution >= 0.6 is 0 Å². The van der Waals surface area contributed by atoms with E-state index in [0.29, 0.717) is 25.1 Å². The fourth-order valence-corrected chi connectivity index (χ4v) is 4.47. The van der Waals surface area contributed by atoms with Crippen LogP contribution < -0.4 is 0 Å². The first-order valence-electron chi connectivity index (χ1n) is 11.9. The zero-order valence-corrected chi connectivity index (χ0v) is 19.8. The van der Waals surface area contributed by atoms with E-state index < -0.39 is 0 Å². The number of carbonyl (C=O) groups is 2. The molecule has 0 unspecified atom stereocenters. The summed E-state index contributed by atoms with van der Waals surface area (Å²) >= 11 is 0. The minimum Gasteiger partial charge on any atom is -0.338 e. The maximum atomic E-state index is 13.2. The van der Waals surface area contributed by atoms with Crippen LogP contribution in [0.4, 0.5) is 0 Å². The highest BCUT2D eigenvalue weighted by molar-refractivity contribution is 5.94. The molecule has 0 atom stereocenters. The number of nitrogens with zero attached hydrogens (tertiary/aromatic N) is 4. The van der Waals surface area contributed by atoms with Crippen molar-refractivity contribution in [1.29, 1.82) is 0 Å². The lowest BCUT2D eigenvalue weighted by atomic mass is 10.1. The topological polar surface area (TPSA) is 58.4 Å². The second-order valence-electron chi connectivity index (χ2n) is 8.93. The van der Waals surface area contributed by atoms with E-state index >= 15 is 0 Å². The summed E-state index contributed by atoms with van der Waals surface area (Å²) in [7, 11) is 1.81. The van der Waals surface area contributed by atoms with Gasteiger partial charge in [-0.05, 0) is 36.2 Å². The molecule has 1 aromatic heterocycles. The minimum absolute atomic E-state index is 0.0553. The number of benzene rings is 3. The van der Waals surface area contributed by atoms with Crippen molar-refractivity contribution in [2.24, 2.45) is 0 Å². The predicted octanol–water partition coefficient (Wildman–Crippen LogP) is 4.93. The van der Waals surface area contributed by atoms with Crippen molar-refractivity contribution in [3.63, 3.8) is 0 Å². The lowest BCUT2D eigenvalue weighted by Gasteiger charge is -2.18. The van der Waals surface area contributed by atoms with Gasteiger partial charge in [-0.25, -0.2) is 4.68 Å². The number of para-hydroxylation sites is 1. The molecule has 0 spiro atoms. The molecule has 1 aliphatic rings. The number of rotatable bonds is 7. The van der Waals surface area contributed by atoms with Gasteiger partial charge in [0.1, 0.15) is 0 Å². The van der Waals surface area contributed by atoms with Gasteiger partial charge in [0.05, 0.1) is 11.4 Å². The van der Waals surface area contributed by atoms with Gasteiger partial charge in [0.2, 0.25) is 5.91 Å². The van der Waals surface area contributed by atoms with E-state index in [0.717, 1.165) is 41.0 Å². The number of carbonyl (C=O) groups excluding carboxylic acids is 2. The molecule has 176 valence electrons. The third-order valence-electron chi connectivity index (χ3n) is 6.36. The van der Waals surface area contributed by atoms with Crippen LogP contribution in [-0.2, 0) is 17.9 Å². The summed E-state index contributed by atoms with van der Waals surface area (Å²) in [6.07, 6.45) is 3.55. The van der Waals surface area contributed by atoms with Crippen molar-refractivity contribution in [3.8, 4) is 16.9 Å². The zero-order valence-electron chi connectivity index (χ0n) is 19.8. The summed E-state index contributed by atoms with van der Waals surface area (Å²) in [5.74, 6) is 0.149. The molecule has 6 heteroatoms. The fourth-order valence-electron chi connectivity index (χ4n) is 4.47. The monoisotopic (exact) mass is 464 g/mol. The van der Waals surface area contributed by atoms with Crippen LogP contribution in [0.1, 0.15) is 34.3 Å². The summed E-state index contributed by atoms with van der Waals surface area (Å²) in [5.41, 5.74) is 5.48. The Kier molecular flexibility index (Phi) is 6.44. The van der Waals surface area contributed by atoms with Crippen LogP contribution in [-0.4, -0.2) is 45.0 Å². The third kappa shape index (κ3) is 5.01. The average Bonchev–Trinajstić information content (AvgIpc) is 3.51. The molecule has 1 saturated heterocycles. The van der Waals surface area contributed by atoms with Gasteiger partial charge in [0, 0.05) is 56.0 Å². The zero-order chi connectivity index (χ0) is 24.2. The van der Waals surface area contributed by atoms with E-state index in [1.54, 1.807) is 4.90 Å². The molecule has 5 rings (SSSR count). The summed E-state index contributed by atoms with van der Waals surface area (Å²) < 4.78 is 1.87. The molecule has 0 aliphatic carbocycles. The summed E-state index contributed by atoms with van der Waals surface area (Å²) in [5, 5.41) is 4.85. The Morgan fingerprint density at radius 2 is 1.63 bits per heavy atom. The Labute approximate surface area is 205 Å². The molecule has 1 fully saturated rings. The quantitative estimate of drug-likeness (QED) is 0.390. The standard InChI is InChI=1S/C29H28N4O2/c1-31(29(35)24-16-14-22(15-17-24)19-32-18-8-13-27(32)34)20-25-21-33(26-11-6-3-7-12-26)30-28(25)23-9-4-2-5-10-23/h2-7,9-12,14-17,21H,8,13,18-20H2,1H3. The van der Waals surface area contributed by atoms with Gasteiger partial charge in [-0.15, -0.1) is 0 Å². The molecule has 2 amide bonds. The fraction of sp³-hybridized carbons (Fsp3) is 0.207. The van der Waals surface area contributed by atoms with Gasteiger partial charge in [0.25, 0.3) is 5.91 Å². The van der Waals surface area contributed by atoms with Crippen molar-refractivity contribution in [2.45, 2.75) is 25.9 Å². The molecule has 0 saturated carbocycles. The molecule has 0 radical (unpaired) electrons. The van der Waals surface area contributed by atoms with Crippen LogP contribution in [0.3, 0.4) is 0 Å². The molecule has 0 N–H and O–H groups in total. The maximum absolute atomic E-state index is 13.2. The first-order chi connectivity index (χ1) is 17.1. The summed E-state index contributed by atoms with van der Waals surface area (Å²) in [6.45, 7) is 1.84. The van der Waals surface area contributed by atoms with Gasteiger partial charge in [-0.2, -0.15) is 5.10 Å². The first-order valence-corrected chi connectivity index (χ1v) is 11.9. The van der Waals surface area contributed by atoms with E-state index in [1.165, 1.54) is 0 Å². The Hall–Kier alpha value is -4.19. The Bertz CT molecular complexity index is 1310. The lowest BCUT2D eigenvalue weighted by molar-refractivity contribution is -0.128. The van der Waals surface area contributed by atoms with Crippen molar-refractivity contribution in [1.82, 2.24) is 19.6 Å². The Morgan fingerprint density at radius 3 is 2.29 bits per heavy atom. The molecule has 0 bridgehead atoms. The normalized spacial score (nSPS) is 13.3. The summed E-state index contributed by atoms with van der Waals surface area (Å²) in [4.78, 5) is 28.7. The smallest absolute Gasteiger partial charge is 0.253 e. The van der Waals surface area contributed by atoms with E-state index in [-0.39, 0.29) is 11.8 Å². The largest absolute Gasteiger partial charge is 0.338 e. The van der Waals surface area contributed by atoms with Gasteiger partial charge in [0.15, 0.2) is 0 Å². The highest BCUT2D eigenvalue weighted by Gasteiger charge is 2.21. The van der Waals surface area contributed by atoms with Crippen molar-refractivity contribution in [2.75, 3.05) is 13.6 Å². The van der Waals surface area contributed by atoms with Crippen molar-refractivity contribution >= 4 is 11.8 Å². The number of hydrogen-bond acceptors (Lipinski definition) is 3. The molecule has 35 heavy (non-hydrogen) atoms. The first kappa shape index (κ1) is 22.6. The average molecular weight is 465 g/mol. The molecule has 4 aromatic rings. The number of amides is 2. The lowest BCUT2D eigenvalue weighted by Crippen LogP contribution is -2.26. The van der Waals surface area contributed by atoms with Gasteiger partial charge in [-0.1, -0.05) is 60.7 Å². The number of aromatic nitrogens is 2. The molecular weight excluding hydrogens is 436 g/mol. The van der Waals surface area contributed by atoms with Crippen LogP contribution in [0, 0.1) is 0 Å². The molecular formula is C29H28N4O2. The van der Waals surface area contributed by atoms with Crippen LogP contribution in [0.15, 0.2) is 91.1 Å². The number of likely N-dealkylation sites (tertiary alicyclic amines) is 1. The Balaban J connectivity index is 1.35. The van der Waals surface area contributed by atoms with E-state index in [2.05, 4.69) is 0 Å². The highest BCUT2D eigenvalue weighted by atomic mass is 16.2. The van der Waals surface area contributed by atoms with Crippen molar-refractivity contribution in [3.05, 3.63) is 108 Å². The molecule has 6 nitrogen and oxygen atoms in total. The Morgan fingerprint density at radius 1 is 0.943 bits per heavy atom. The van der Waals surface area contributed by atoms with Gasteiger partial charge < -0.3 is 9.80 Å². The molecule has 3 aromatic carbocycles. The van der Waals surface area contributed by atoms with E-state index in [1.807, 2.05) is 108 Å². The maximum Gasteiger partial charge on any atom is 0.253 e. The molecule has 1 aliphatic heterocycles. The second-order valence-corrected chi connectivity index (χ2v) is 8.93. The second kappa shape index (κ2) is 9.97.